The lowest BCUT2D eigenvalue weighted by atomic mass is 10.3. The molecule has 0 aromatic carbocycles. The number of hydrogen-bond donors (Lipinski definition) is 1. The smallest absolute Gasteiger partial charge is 0.180 e. The number of aryl methyl sites for hydroxylation is 1. The molecular formula is C14H17BrN4O. The van der Waals surface area contributed by atoms with E-state index in [0.717, 1.165) is 33.9 Å². The van der Waals surface area contributed by atoms with Crippen molar-refractivity contribution in [3.8, 4) is 11.5 Å². The summed E-state index contributed by atoms with van der Waals surface area (Å²) in [5.41, 5.74) is 2.50. The van der Waals surface area contributed by atoms with Gasteiger partial charge in [-0.05, 0) is 41.9 Å². The SMILES string of the molecule is CCNc1nc(-c2cccc(C)n2)nc(COC)c1Br. The number of anilines is 1. The van der Waals surface area contributed by atoms with Gasteiger partial charge in [-0.2, -0.15) is 0 Å². The summed E-state index contributed by atoms with van der Waals surface area (Å²) in [6.45, 7) is 5.17. The monoisotopic (exact) mass is 336 g/mol. The van der Waals surface area contributed by atoms with Crippen LogP contribution in [-0.4, -0.2) is 28.6 Å². The number of nitrogens with zero attached hydrogens (tertiary/aromatic N) is 3. The van der Waals surface area contributed by atoms with Crippen molar-refractivity contribution < 1.29 is 4.74 Å². The third-order valence-electron chi connectivity index (χ3n) is 2.66. The highest BCUT2D eigenvalue weighted by molar-refractivity contribution is 9.10. The van der Waals surface area contributed by atoms with Gasteiger partial charge in [-0.15, -0.1) is 0 Å². The summed E-state index contributed by atoms with van der Waals surface area (Å²) < 4.78 is 6.02. The van der Waals surface area contributed by atoms with Gasteiger partial charge < -0.3 is 10.1 Å². The van der Waals surface area contributed by atoms with E-state index in [1.54, 1.807) is 7.11 Å². The molecule has 0 aliphatic carbocycles. The van der Waals surface area contributed by atoms with E-state index in [0.29, 0.717) is 12.4 Å². The number of rotatable bonds is 5. The second kappa shape index (κ2) is 6.76. The van der Waals surface area contributed by atoms with Crippen LogP contribution in [0, 0.1) is 6.92 Å². The third kappa shape index (κ3) is 3.32. The lowest BCUT2D eigenvalue weighted by molar-refractivity contribution is 0.181. The highest BCUT2D eigenvalue weighted by Gasteiger charge is 2.13. The summed E-state index contributed by atoms with van der Waals surface area (Å²) in [6, 6.07) is 5.80. The summed E-state index contributed by atoms with van der Waals surface area (Å²) in [6.07, 6.45) is 0. The minimum Gasteiger partial charge on any atom is -0.378 e. The van der Waals surface area contributed by atoms with Gasteiger partial charge in [0.15, 0.2) is 5.82 Å². The zero-order valence-electron chi connectivity index (χ0n) is 11.8. The van der Waals surface area contributed by atoms with Gasteiger partial charge in [-0.3, -0.25) is 0 Å². The van der Waals surface area contributed by atoms with Crippen molar-refractivity contribution in [2.24, 2.45) is 0 Å². The molecule has 0 atom stereocenters. The molecule has 0 saturated heterocycles. The third-order valence-corrected chi connectivity index (χ3v) is 3.50. The molecule has 6 heteroatoms. The van der Waals surface area contributed by atoms with Gasteiger partial charge in [0.1, 0.15) is 11.5 Å². The fourth-order valence-corrected chi connectivity index (χ4v) is 2.22. The minimum atomic E-state index is 0.417. The van der Waals surface area contributed by atoms with Crippen LogP contribution in [0.25, 0.3) is 11.5 Å². The summed E-state index contributed by atoms with van der Waals surface area (Å²) in [5.74, 6) is 1.35. The van der Waals surface area contributed by atoms with Gasteiger partial charge in [0.25, 0.3) is 0 Å². The second-order valence-electron chi connectivity index (χ2n) is 4.28. The molecule has 2 aromatic rings. The molecule has 0 unspecified atom stereocenters. The molecule has 0 aliphatic heterocycles. The van der Waals surface area contributed by atoms with E-state index >= 15 is 0 Å². The van der Waals surface area contributed by atoms with Gasteiger partial charge in [-0.25, -0.2) is 15.0 Å². The summed E-state index contributed by atoms with van der Waals surface area (Å²) in [4.78, 5) is 13.5. The Hall–Kier alpha value is -1.53. The van der Waals surface area contributed by atoms with Gasteiger partial charge in [0.2, 0.25) is 0 Å². The standard InChI is InChI=1S/C14H17BrN4O/c1-4-16-14-12(15)11(8-20-3)18-13(19-14)10-7-5-6-9(2)17-10/h5-7H,4,8H2,1-3H3,(H,16,18,19). The first-order valence-electron chi connectivity index (χ1n) is 6.39. The second-order valence-corrected chi connectivity index (χ2v) is 5.08. The van der Waals surface area contributed by atoms with Crippen LogP contribution in [0.1, 0.15) is 18.3 Å². The van der Waals surface area contributed by atoms with Crippen LogP contribution in [-0.2, 0) is 11.3 Å². The van der Waals surface area contributed by atoms with E-state index in [2.05, 4.69) is 36.2 Å². The van der Waals surface area contributed by atoms with E-state index in [9.17, 15) is 0 Å². The number of methoxy groups -OCH3 is 1. The van der Waals surface area contributed by atoms with Crippen molar-refractivity contribution in [2.45, 2.75) is 20.5 Å². The normalized spacial score (nSPS) is 10.6. The van der Waals surface area contributed by atoms with E-state index in [1.807, 2.05) is 32.0 Å². The van der Waals surface area contributed by atoms with Crippen molar-refractivity contribution in [1.29, 1.82) is 0 Å². The molecule has 1 N–H and O–H groups in total. The Morgan fingerprint density at radius 3 is 2.70 bits per heavy atom. The Balaban J connectivity index is 2.52. The lowest BCUT2D eigenvalue weighted by Crippen LogP contribution is -2.07. The number of halogens is 1. The molecule has 0 bridgehead atoms. The van der Waals surface area contributed by atoms with Crippen molar-refractivity contribution in [1.82, 2.24) is 15.0 Å². The fraction of sp³-hybridized carbons (Fsp3) is 0.357. The predicted molar refractivity (Wildman–Crippen MR) is 82.6 cm³/mol. The zero-order chi connectivity index (χ0) is 14.5. The molecule has 0 fully saturated rings. The number of hydrogen-bond acceptors (Lipinski definition) is 5. The molecule has 0 spiro atoms. The maximum absolute atomic E-state index is 5.19. The molecule has 0 aliphatic rings. The van der Waals surface area contributed by atoms with E-state index < -0.39 is 0 Å². The largest absolute Gasteiger partial charge is 0.378 e. The molecule has 2 heterocycles. The van der Waals surface area contributed by atoms with Gasteiger partial charge in [-0.1, -0.05) is 6.07 Å². The lowest BCUT2D eigenvalue weighted by Gasteiger charge is -2.11. The van der Waals surface area contributed by atoms with Crippen LogP contribution in [0.5, 0.6) is 0 Å². The van der Waals surface area contributed by atoms with Gasteiger partial charge in [0.05, 0.1) is 16.8 Å². The van der Waals surface area contributed by atoms with Crippen LogP contribution in [0.2, 0.25) is 0 Å². The average Bonchev–Trinajstić information content (AvgIpc) is 2.43. The van der Waals surface area contributed by atoms with E-state index in [4.69, 9.17) is 4.74 Å². The summed E-state index contributed by atoms with van der Waals surface area (Å²) in [7, 11) is 1.64. The zero-order valence-corrected chi connectivity index (χ0v) is 13.4. The molecular weight excluding hydrogens is 320 g/mol. The Kier molecular flexibility index (Phi) is 5.03. The molecule has 106 valence electrons. The van der Waals surface area contributed by atoms with Crippen LogP contribution in [0.15, 0.2) is 22.7 Å². The van der Waals surface area contributed by atoms with E-state index in [1.165, 1.54) is 0 Å². The molecule has 0 radical (unpaired) electrons. The van der Waals surface area contributed by atoms with Crippen LogP contribution >= 0.6 is 15.9 Å². The molecule has 5 nitrogen and oxygen atoms in total. The summed E-state index contributed by atoms with van der Waals surface area (Å²) >= 11 is 3.52. The molecule has 20 heavy (non-hydrogen) atoms. The Morgan fingerprint density at radius 1 is 1.25 bits per heavy atom. The summed E-state index contributed by atoms with van der Waals surface area (Å²) in [5, 5.41) is 3.22. The Bertz CT molecular complexity index is 576. The molecule has 0 amide bonds. The van der Waals surface area contributed by atoms with Crippen LogP contribution < -0.4 is 5.32 Å². The van der Waals surface area contributed by atoms with Gasteiger partial charge in [0, 0.05) is 19.3 Å². The number of ether oxygens (including phenoxy) is 1. The first-order chi connectivity index (χ1) is 9.65. The van der Waals surface area contributed by atoms with Gasteiger partial charge >= 0.3 is 0 Å². The number of aromatic nitrogens is 3. The first kappa shape index (κ1) is 14.9. The highest BCUT2D eigenvalue weighted by Crippen LogP contribution is 2.27. The topological polar surface area (TPSA) is 59.9 Å². The minimum absolute atomic E-state index is 0.417. The molecule has 2 aromatic heterocycles. The Morgan fingerprint density at radius 2 is 2.05 bits per heavy atom. The van der Waals surface area contributed by atoms with Crippen molar-refractivity contribution in [2.75, 3.05) is 19.0 Å². The number of nitrogens with one attached hydrogen (secondary N) is 1. The van der Waals surface area contributed by atoms with E-state index in [-0.39, 0.29) is 0 Å². The van der Waals surface area contributed by atoms with Crippen LogP contribution in [0.3, 0.4) is 0 Å². The van der Waals surface area contributed by atoms with Crippen molar-refractivity contribution >= 4 is 21.7 Å². The highest BCUT2D eigenvalue weighted by atomic mass is 79.9. The number of pyridine rings is 1. The maximum Gasteiger partial charge on any atom is 0.180 e. The van der Waals surface area contributed by atoms with Crippen LogP contribution in [0.4, 0.5) is 5.82 Å². The quantitative estimate of drug-likeness (QED) is 0.908. The van der Waals surface area contributed by atoms with Crippen molar-refractivity contribution in [3.05, 3.63) is 34.1 Å². The maximum atomic E-state index is 5.19. The molecule has 0 saturated carbocycles. The first-order valence-corrected chi connectivity index (χ1v) is 7.18. The molecule has 2 rings (SSSR count). The predicted octanol–water partition coefficient (Wildman–Crippen LogP) is 3.19. The van der Waals surface area contributed by atoms with Crippen molar-refractivity contribution in [3.63, 3.8) is 0 Å². The fourth-order valence-electron chi connectivity index (χ4n) is 1.79. The average molecular weight is 337 g/mol. The Labute approximate surface area is 127 Å².